The van der Waals surface area contributed by atoms with E-state index in [1.165, 1.54) is 24.3 Å². The van der Waals surface area contributed by atoms with Crippen LogP contribution >= 0.6 is 0 Å². The number of benzene rings is 3. The summed E-state index contributed by atoms with van der Waals surface area (Å²) in [7, 11) is 0. The Bertz CT molecular complexity index is 1170. The molecule has 35 heavy (non-hydrogen) atoms. The largest absolute Gasteiger partial charge is 0.395 e. The number of urea groups is 1. The van der Waals surface area contributed by atoms with Crippen molar-refractivity contribution >= 4 is 11.7 Å². The summed E-state index contributed by atoms with van der Waals surface area (Å²) in [6.45, 7) is 2.13. The van der Waals surface area contributed by atoms with Crippen LogP contribution in [-0.4, -0.2) is 59.3 Å². The summed E-state index contributed by atoms with van der Waals surface area (Å²) in [5.41, 5.74) is 3.41. The first kappa shape index (κ1) is 23.5. The molecule has 0 unspecified atom stereocenters. The minimum absolute atomic E-state index is 0.000120. The van der Waals surface area contributed by atoms with E-state index in [0.717, 1.165) is 36.1 Å². The minimum atomic E-state index is -0.347. The number of nitrogens with one attached hydrogen (secondary N) is 1. The molecular weight excluding hydrogens is 448 g/mol. The van der Waals surface area contributed by atoms with E-state index in [2.05, 4.69) is 10.2 Å². The van der Waals surface area contributed by atoms with Crippen molar-refractivity contribution in [2.45, 2.75) is 30.8 Å². The molecule has 2 aliphatic heterocycles. The zero-order valence-corrected chi connectivity index (χ0v) is 19.4. The highest BCUT2D eigenvalue weighted by Crippen LogP contribution is 2.42. The molecule has 0 saturated carbocycles. The molecule has 2 heterocycles. The standard InChI is InChI=1S/C28H29F2N3O2/c29-22-10-12-24(13-11-22)31-28(35)32-14-1-2-15-33-25(17-32)27(26(33)18-34)20-8-6-19(7-9-20)21-4-3-5-23(30)16-21/h3-13,16,25-27,34H,1-2,14-15,17-18H2,(H,31,35)/t25-,26-,27+/m0/s1. The van der Waals surface area contributed by atoms with Crippen molar-refractivity contribution in [3.05, 3.63) is 90.0 Å². The van der Waals surface area contributed by atoms with Crippen LogP contribution in [0.5, 0.6) is 0 Å². The molecule has 5 rings (SSSR count). The Balaban J connectivity index is 1.34. The molecule has 2 N–H and O–H groups in total. The summed E-state index contributed by atoms with van der Waals surface area (Å²) in [6.07, 6.45) is 1.82. The smallest absolute Gasteiger partial charge is 0.321 e. The van der Waals surface area contributed by atoms with Crippen molar-refractivity contribution in [3.8, 4) is 11.1 Å². The molecule has 3 aromatic carbocycles. The summed E-state index contributed by atoms with van der Waals surface area (Å²) in [4.78, 5) is 17.2. The number of halogens is 2. The number of rotatable bonds is 4. The topological polar surface area (TPSA) is 55.8 Å². The van der Waals surface area contributed by atoms with Gasteiger partial charge in [-0.2, -0.15) is 0 Å². The molecule has 2 fully saturated rings. The average molecular weight is 478 g/mol. The van der Waals surface area contributed by atoms with Crippen LogP contribution in [0.2, 0.25) is 0 Å². The number of aliphatic hydroxyl groups excluding tert-OH is 1. The number of carbonyl (C=O) groups is 1. The third kappa shape index (κ3) is 4.92. The van der Waals surface area contributed by atoms with Gasteiger partial charge in [0.15, 0.2) is 0 Å². The first-order valence-electron chi connectivity index (χ1n) is 12.1. The van der Waals surface area contributed by atoms with E-state index >= 15 is 0 Å². The van der Waals surface area contributed by atoms with Gasteiger partial charge in [0.2, 0.25) is 0 Å². The zero-order chi connectivity index (χ0) is 24.4. The van der Waals surface area contributed by atoms with Crippen LogP contribution in [0.15, 0.2) is 72.8 Å². The van der Waals surface area contributed by atoms with Crippen molar-refractivity contribution in [2.24, 2.45) is 0 Å². The number of anilines is 1. The van der Waals surface area contributed by atoms with Crippen LogP contribution in [-0.2, 0) is 0 Å². The lowest BCUT2D eigenvalue weighted by Gasteiger charge is -2.57. The summed E-state index contributed by atoms with van der Waals surface area (Å²) in [5.74, 6) is -0.531. The van der Waals surface area contributed by atoms with E-state index in [0.29, 0.717) is 18.8 Å². The number of hydrogen-bond donors (Lipinski definition) is 2. The maximum absolute atomic E-state index is 13.6. The van der Waals surface area contributed by atoms with Gasteiger partial charge in [-0.15, -0.1) is 0 Å². The van der Waals surface area contributed by atoms with Crippen molar-refractivity contribution in [2.75, 3.05) is 31.6 Å². The van der Waals surface area contributed by atoms with Crippen LogP contribution in [0.25, 0.3) is 11.1 Å². The van der Waals surface area contributed by atoms with Crippen LogP contribution in [0.4, 0.5) is 19.3 Å². The van der Waals surface area contributed by atoms with Gasteiger partial charge in [0.25, 0.3) is 0 Å². The highest BCUT2D eigenvalue weighted by molar-refractivity contribution is 5.89. The fourth-order valence-electron chi connectivity index (χ4n) is 5.43. The third-order valence-electron chi connectivity index (χ3n) is 7.21. The van der Waals surface area contributed by atoms with Gasteiger partial charge in [-0.25, -0.2) is 13.6 Å². The number of carbonyl (C=O) groups excluding carboxylic acids is 1. The molecule has 5 nitrogen and oxygen atoms in total. The van der Waals surface area contributed by atoms with Crippen molar-refractivity contribution in [1.29, 1.82) is 0 Å². The Morgan fingerprint density at radius 3 is 2.37 bits per heavy atom. The van der Waals surface area contributed by atoms with E-state index in [-0.39, 0.29) is 42.3 Å². The monoisotopic (exact) mass is 477 g/mol. The highest BCUT2D eigenvalue weighted by atomic mass is 19.1. The molecule has 182 valence electrons. The lowest BCUT2D eigenvalue weighted by molar-refractivity contribution is -0.0585. The normalized spacial score (nSPS) is 22.5. The highest BCUT2D eigenvalue weighted by Gasteiger charge is 2.49. The number of nitrogens with zero attached hydrogens (tertiary/aromatic N) is 2. The molecule has 2 amide bonds. The van der Waals surface area contributed by atoms with E-state index < -0.39 is 0 Å². The van der Waals surface area contributed by atoms with Gasteiger partial charge in [-0.05, 0) is 72.5 Å². The first-order valence-corrected chi connectivity index (χ1v) is 12.1. The first-order chi connectivity index (χ1) is 17.0. The van der Waals surface area contributed by atoms with Crippen LogP contribution < -0.4 is 5.32 Å². The van der Waals surface area contributed by atoms with Gasteiger partial charge in [-0.3, -0.25) is 4.90 Å². The molecule has 2 aliphatic rings. The maximum Gasteiger partial charge on any atom is 0.321 e. The molecule has 0 aliphatic carbocycles. The second-order valence-corrected chi connectivity index (χ2v) is 9.30. The van der Waals surface area contributed by atoms with Crippen LogP contribution in [0.1, 0.15) is 24.3 Å². The lowest BCUT2D eigenvalue weighted by atomic mass is 9.74. The Kier molecular flexibility index (Phi) is 6.79. The van der Waals surface area contributed by atoms with Crippen molar-refractivity contribution in [3.63, 3.8) is 0 Å². The molecular formula is C28H29F2N3O2. The molecule has 2 saturated heterocycles. The Labute approximate surface area is 204 Å². The van der Waals surface area contributed by atoms with Crippen LogP contribution in [0.3, 0.4) is 0 Å². The van der Waals surface area contributed by atoms with Gasteiger partial charge in [0.1, 0.15) is 11.6 Å². The predicted octanol–water partition coefficient (Wildman–Crippen LogP) is 5.09. The van der Waals surface area contributed by atoms with Gasteiger partial charge in [0, 0.05) is 36.8 Å². The minimum Gasteiger partial charge on any atom is -0.395 e. The summed E-state index contributed by atoms with van der Waals surface area (Å²) < 4.78 is 26.9. The molecule has 0 bridgehead atoms. The fraction of sp³-hybridized carbons (Fsp3) is 0.321. The fourth-order valence-corrected chi connectivity index (χ4v) is 5.43. The van der Waals surface area contributed by atoms with Crippen molar-refractivity contribution in [1.82, 2.24) is 9.80 Å². The van der Waals surface area contributed by atoms with Gasteiger partial charge in [0.05, 0.1) is 6.61 Å². The van der Waals surface area contributed by atoms with Gasteiger partial charge >= 0.3 is 6.03 Å². The Morgan fingerprint density at radius 1 is 0.914 bits per heavy atom. The Morgan fingerprint density at radius 2 is 1.66 bits per heavy atom. The molecule has 3 atom stereocenters. The van der Waals surface area contributed by atoms with E-state index in [9.17, 15) is 18.7 Å². The van der Waals surface area contributed by atoms with E-state index in [1.54, 1.807) is 18.2 Å². The SMILES string of the molecule is O=C(Nc1ccc(F)cc1)N1CCCCN2[C@@H](CO)[C@H](c3ccc(-c4cccc(F)c4)cc3)[C@@H]2C1. The lowest BCUT2D eigenvalue weighted by Crippen LogP contribution is -2.68. The molecule has 7 heteroatoms. The third-order valence-corrected chi connectivity index (χ3v) is 7.21. The number of hydrogen-bond acceptors (Lipinski definition) is 3. The van der Waals surface area contributed by atoms with Gasteiger partial charge < -0.3 is 15.3 Å². The summed E-state index contributed by atoms with van der Waals surface area (Å²) >= 11 is 0. The Hall–Kier alpha value is -3.29. The maximum atomic E-state index is 13.6. The molecule has 0 radical (unpaired) electrons. The summed E-state index contributed by atoms with van der Waals surface area (Å²) in [5, 5.41) is 13.0. The summed E-state index contributed by atoms with van der Waals surface area (Å²) in [6, 6.07) is 20.2. The number of amides is 2. The molecule has 0 aromatic heterocycles. The van der Waals surface area contributed by atoms with Crippen molar-refractivity contribution < 1.29 is 18.7 Å². The van der Waals surface area contributed by atoms with E-state index in [4.69, 9.17) is 0 Å². The number of fused-ring (bicyclic) bond motifs is 1. The molecule has 0 spiro atoms. The number of aliphatic hydroxyl groups is 1. The van der Waals surface area contributed by atoms with E-state index in [1.807, 2.05) is 35.2 Å². The predicted molar refractivity (Wildman–Crippen MR) is 132 cm³/mol. The van der Waals surface area contributed by atoms with Gasteiger partial charge in [-0.1, -0.05) is 36.4 Å². The zero-order valence-electron chi connectivity index (χ0n) is 19.4. The average Bonchev–Trinajstić information content (AvgIpc) is 2.85. The van der Waals surface area contributed by atoms with Crippen LogP contribution in [0, 0.1) is 11.6 Å². The quantitative estimate of drug-likeness (QED) is 0.551. The molecule has 3 aromatic rings. The second-order valence-electron chi connectivity index (χ2n) is 9.30. The second kappa shape index (κ2) is 10.1.